The fourth-order valence-corrected chi connectivity index (χ4v) is 6.43. The lowest BCUT2D eigenvalue weighted by Gasteiger charge is -2.48. The van der Waals surface area contributed by atoms with Crippen LogP contribution >= 0.6 is 0 Å². The number of allylic oxidation sites excluding steroid dienone is 1. The standard InChI is InChI=1S/C33H34N2O6/c1-2-39-32(38)33-15-6-5-12-29(33)35(20-22-13-14-27-28(16-22)41-21-40-27)31(37)25(18-33)17-30(36)34-19-24-10-7-9-23-8-3-4-11-26(23)24/h3-4,7-14,16,25H,2,5-6,15,17-21H2,1H3,(H,34,36)/t25-,33+/m1/s1. The van der Waals surface area contributed by atoms with E-state index in [1.54, 1.807) is 11.8 Å². The third kappa shape index (κ3) is 5.14. The van der Waals surface area contributed by atoms with E-state index in [9.17, 15) is 14.4 Å². The van der Waals surface area contributed by atoms with Gasteiger partial charge in [-0.1, -0.05) is 54.6 Å². The average Bonchev–Trinajstić information content (AvgIpc) is 3.46. The van der Waals surface area contributed by atoms with Crippen molar-refractivity contribution in [3.05, 3.63) is 83.6 Å². The molecule has 0 bridgehead atoms. The Hall–Kier alpha value is -4.33. The molecule has 2 heterocycles. The average molecular weight is 555 g/mol. The van der Waals surface area contributed by atoms with Crippen molar-refractivity contribution in [1.82, 2.24) is 10.2 Å². The van der Waals surface area contributed by atoms with Crippen LogP contribution in [0.1, 0.15) is 50.2 Å². The number of benzene rings is 3. The topological polar surface area (TPSA) is 94.2 Å². The number of nitrogens with one attached hydrogen (secondary N) is 1. The number of hydrogen-bond acceptors (Lipinski definition) is 6. The number of nitrogens with zero attached hydrogens (tertiary/aromatic N) is 1. The predicted molar refractivity (Wildman–Crippen MR) is 153 cm³/mol. The summed E-state index contributed by atoms with van der Waals surface area (Å²) in [7, 11) is 0. The van der Waals surface area contributed by atoms with Crippen LogP contribution in [0.2, 0.25) is 0 Å². The SMILES string of the molecule is CCOC(=O)[C@]12CCCC=C1N(Cc1ccc3c(c1)OCO3)C(=O)[C@H](CC(=O)NCc1cccc3ccccc13)C2. The Bertz CT molecular complexity index is 1530. The van der Waals surface area contributed by atoms with E-state index < -0.39 is 11.3 Å². The maximum atomic E-state index is 14.0. The molecular weight excluding hydrogens is 520 g/mol. The fraction of sp³-hybridized carbons (Fsp3) is 0.364. The van der Waals surface area contributed by atoms with Gasteiger partial charge in [-0.15, -0.1) is 0 Å². The number of piperidine rings is 1. The van der Waals surface area contributed by atoms with Crippen molar-refractivity contribution in [2.24, 2.45) is 11.3 Å². The molecule has 2 amide bonds. The molecule has 6 rings (SSSR count). The van der Waals surface area contributed by atoms with Crippen molar-refractivity contribution < 1.29 is 28.6 Å². The van der Waals surface area contributed by atoms with Crippen molar-refractivity contribution in [3.8, 4) is 11.5 Å². The molecule has 1 fully saturated rings. The summed E-state index contributed by atoms with van der Waals surface area (Å²) < 4.78 is 16.6. The van der Waals surface area contributed by atoms with E-state index in [2.05, 4.69) is 5.32 Å². The minimum Gasteiger partial charge on any atom is -0.465 e. The van der Waals surface area contributed by atoms with Gasteiger partial charge in [-0.05, 0) is 66.6 Å². The monoisotopic (exact) mass is 554 g/mol. The Morgan fingerprint density at radius 2 is 1.90 bits per heavy atom. The van der Waals surface area contributed by atoms with Crippen molar-refractivity contribution in [2.45, 2.75) is 52.1 Å². The van der Waals surface area contributed by atoms with Crippen LogP contribution in [0.5, 0.6) is 11.5 Å². The fourth-order valence-electron chi connectivity index (χ4n) is 6.43. The summed E-state index contributed by atoms with van der Waals surface area (Å²) in [5.41, 5.74) is 1.60. The van der Waals surface area contributed by atoms with E-state index in [1.807, 2.05) is 66.7 Å². The Kier molecular flexibility index (Phi) is 7.39. The number of carbonyl (C=O) groups excluding carboxylic acids is 3. The first-order valence-corrected chi connectivity index (χ1v) is 14.3. The summed E-state index contributed by atoms with van der Waals surface area (Å²) in [6, 6.07) is 19.7. The number of likely N-dealkylation sites (tertiary alicyclic amines) is 1. The van der Waals surface area contributed by atoms with Crippen molar-refractivity contribution in [3.63, 3.8) is 0 Å². The van der Waals surface area contributed by atoms with Crippen LogP contribution < -0.4 is 14.8 Å². The quantitative estimate of drug-likeness (QED) is 0.383. The molecular formula is C33H34N2O6. The largest absolute Gasteiger partial charge is 0.465 e. The molecule has 0 aromatic heterocycles. The van der Waals surface area contributed by atoms with Crippen molar-refractivity contribution >= 4 is 28.6 Å². The Balaban J connectivity index is 1.25. The summed E-state index contributed by atoms with van der Waals surface area (Å²) in [6.45, 7) is 2.82. The third-order valence-electron chi connectivity index (χ3n) is 8.37. The van der Waals surface area contributed by atoms with Crippen LogP contribution in [0.25, 0.3) is 10.8 Å². The highest BCUT2D eigenvalue weighted by atomic mass is 16.7. The van der Waals surface area contributed by atoms with Gasteiger partial charge in [-0.25, -0.2) is 0 Å². The van der Waals surface area contributed by atoms with E-state index in [0.717, 1.165) is 34.7 Å². The normalized spacial score (nSPS) is 21.3. The maximum Gasteiger partial charge on any atom is 0.318 e. The van der Waals surface area contributed by atoms with Gasteiger partial charge >= 0.3 is 5.97 Å². The number of carbonyl (C=O) groups is 3. The second kappa shape index (κ2) is 11.3. The van der Waals surface area contributed by atoms with E-state index in [1.165, 1.54) is 0 Å². The minimum absolute atomic E-state index is 0.00429. The van der Waals surface area contributed by atoms with Crippen LogP contribution in [0.4, 0.5) is 0 Å². The van der Waals surface area contributed by atoms with E-state index in [4.69, 9.17) is 14.2 Å². The van der Waals surface area contributed by atoms with Gasteiger partial charge < -0.3 is 24.4 Å². The summed E-state index contributed by atoms with van der Waals surface area (Å²) >= 11 is 0. The van der Waals surface area contributed by atoms with Crippen LogP contribution in [0.3, 0.4) is 0 Å². The van der Waals surface area contributed by atoms with Gasteiger partial charge in [0.25, 0.3) is 0 Å². The molecule has 2 aliphatic heterocycles. The first-order valence-electron chi connectivity index (χ1n) is 14.3. The molecule has 8 heteroatoms. The van der Waals surface area contributed by atoms with Gasteiger partial charge in [0.1, 0.15) is 5.41 Å². The van der Waals surface area contributed by atoms with Crippen LogP contribution in [-0.4, -0.2) is 36.1 Å². The number of amides is 2. The molecule has 0 radical (unpaired) electrons. The molecule has 2 atom stereocenters. The lowest BCUT2D eigenvalue weighted by molar-refractivity contribution is -0.162. The molecule has 3 aliphatic rings. The summed E-state index contributed by atoms with van der Waals surface area (Å²) in [6.07, 6.45) is 4.43. The number of esters is 1. The maximum absolute atomic E-state index is 14.0. The second-order valence-corrected chi connectivity index (χ2v) is 10.9. The highest BCUT2D eigenvalue weighted by Gasteiger charge is 2.54. The zero-order valence-corrected chi connectivity index (χ0v) is 23.2. The molecule has 0 saturated carbocycles. The molecule has 3 aromatic carbocycles. The van der Waals surface area contributed by atoms with Gasteiger partial charge in [0.15, 0.2) is 11.5 Å². The summed E-state index contributed by atoms with van der Waals surface area (Å²) in [4.78, 5) is 42.5. The Labute approximate surface area is 239 Å². The smallest absolute Gasteiger partial charge is 0.318 e. The minimum atomic E-state index is -0.959. The lowest BCUT2D eigenvalue weighted by atomic mass is 9.66. The van der Waals surface area contributed by atoms with Crippen LogP contribution in [0.15, 0.2) is 72.4 Å². The molecule has 1 saturated heterocycles. The first kappa shape index (κ1) is 26.9. The molecule has 0 unspecified atom stereocenters. The van der Waals surface area contributed by atoms with E-state index in [0.29, 0.717) is 30.2 Å². The Morgan fingerprint density at radius 1 is 1.07 bits per heavy atom. The Morgan fingerprint density at radius 3 is 2.78 bits per heavy atom. The molecule has 0 spiro atoms. The number of fused-ring (bicyclic) bond motifs is 3. The molecule has 41 heavy (non-hydrogen) atoms. The summed E-state index contributed by atoms with van der Waals surface area (Å²) in [5, 5.41) is 5.21. The first-order chi connectivity index (χ1) is 20.0. The van der Waals surface area contributed by atoms with Crippen LogP contribution in [0, 0.1) is 11.3 Å². The van der Waals surface area contributed by atoms with Gasteiger partial charge in [-0.2, -0.15) is 0 Å². The third-order valence-corrected chi connectivity index (χ3v) is 8.37. The van der Waals surface area contributed by atoms with Gasteiger partial charge in [0.05, 0.1) is 13.2 Å². The van der Waals surface area contributed by atoms with Crippen molar-refractivity contribution in [2.75, 3.05) is 13.4 Å². The highest BCUT2D eigenvalue weighted by molar-refractivity contribution is 5.92. The van der Waals surface area contributed by atoms with E-state index in [-0.39, 0.29) is 50.6 Å². The molecule has 3 aromatic rings. The highest BCUT2D eigenvalue weighted by Crippen LogP contribution is 2.50. The zero-order valence-electron chi connectivity index (χ0n) is 23.2. The van der Waals surface area contributed by atoms with E-state index >= 15 is 0 Å². The second-order valence-electron chi connectivity index (χ2n) is 10.9. The zero-order chi connectivity index (χ0) is 28.4. The number of rotatable bonds is 8. The molecule has 1 N–H and O–H groups in total. The number of ether oxygens (including phenoxy) is 3. The predicted octanol–water partition coefficient (Wildman–Crippen LogP) is 5.24. The summed E-state index contributed by atoms with van der Waals surface area (Å²) in [5.74, 6) is -0.0630. The molecule has 1 aliphatic carbocycles. The molecule has 212 valence electrons. The molecule has 8 nitrogen and oxygen atoms in total. The van der Waals surface area contributed by atoms with Gasteiger partial charge in [-0.3, -0.25) is 14.4 Å². The van der Waals surface area contributed by atoms with Crippen LogP contribution in [-0.2, 0) is 32.2 Å². The van der Waals surface area contributed by atoms with Gasteiger partial charge in [0, 0.05) is 24.6 Å². The lowest BCUT2D eigenvalue weighted by Crippen LogP contribution is -2.54. The van der Waals surface area contributed by atoms with Crippen molar-refractivity contribution in [1.29, 1.82) is 0 Å². The number of hydrogen-bond donors (Lipinski definition) is 1. The van der Waals surface area contributed by atoms with Gasteiger partial charge in [0.2, 0.25) is 18.6 Å².